The van der Waals surface area contributed by atoms with Gasteiger partial charge in [0, 0.05) is 24.5 Å². The van der Waals surface area contributed by atoms with Crippen molar-refractivity contribution in [1.82, 2.24) is 15.3 Å². The van der Waals surface area contributed by atoms with E-state index in [0.717, 1.165) is 37.7 Å². The van der Waals surface area contributed by atoms with Crippen molar-refractivity contribution in [3.8, 4) is 11.8 Å². The molecule has 7 heteroatoms. The van der Waals surface area contributed by atoms with Gasteiger partial charge in [-0.3, -0.25) is 4.79 Å². The predicted molar refractivity (Wildman–Crippen MR) is 102 cm³/mol. The summed E-state index contributed by atoms with van der Waals surface area (Å²) in [6.07, 6.45) is 7.61. The first-order valence-electron chi connectivity index (χ1n) is 9.07. The van der Waals surface area contributed by atoms with Crippen LogP contribution in [0.25, 0.3) is 0 Å². The van der Waals surface area contributed by atoms with Gasteiger partial charge in [0.25, 0.3) is 5.91 Å². The Hall–Kier alpha value is -2.65. The van der Waals surface area contributed by atoms with E-state index in [1.54, 1.807) is 30.6 Å². The van der Waals surface area contributed by atoms with E-state index in [1.165, 1.54) is 0 Å². The summed E-state index contributed by atoms with van der Waals surface area (Å²) in [5.41, 5.74) is 1.44. The zero-order valence-corrected chi connectivity index (χ0v) is 15.9. The maximum Gasteiger partial charge on any atom is 0.289 e. The molecule has 0 aliphatic heterocycles. The van der Waals surface area contributed by atoms with Gasteiger partial charge in [-0.15, -0.1) is 0 Å². The second-order valence-electron chi connectivity index (χ2n) is 6.59. The molecule has 0 unspecified atom stereocenters. The molecule has 1 heterocycles. The third-order valence-corrected chi connectivity index (χ3v) is 5.00. The van der Waals surface area contributed by atoms with Crippen LogP contribution >= 0.6 is 11.6 Å². The number of aryl methyl sites for hydroxylation is 1. The van der Waals surface area contributed by atoms with Crippen LogP contribution in [0, 0.1) is 11.3 Å². The summed E-state index contributed by atoms with van der Waals surface area (Å²) >= 11 is 6.04. The highest BCUT2D eigenvalue weighted by molar-refractivity contribution is 6.31. The van der Waals surface area contributed by atoms with Gasteiger partial charge in [-0.1, -0.05) is 18.5 Å². The van der Waals surface area contributed by atoms with Gasteiger partial charge in [-0.25, -0.2) is 9.97 Å². The van der Waals surface area contributed by atoms with Crippen molar-refractivity contribution in [2.24, 2.45) is 0 Å². The fourth-order valence-electron chi connectivity index (χ4n) is 3.08. The van der Waals surface area contributed by atoms with Crippen LogP contribution in [0.4, 0.5) is 0 Å². The molecule has 1 aliphatic carbocycles. The Bertz CT molecular complexity index is 840. The Kier molecular flexibility index (Phi) is 6.25. The lowest BCUT2D eigenvalue weighted by Crippen LogP contribution is -2.40. The molecule has 27 heavy (non-hydrogen) atoms. The monoisotopic (exact) mass is 384 g/mol. The first-order valence-corrected chi connectivity index (χ1v) is 9.45. The zero-order chi connectivity index (χ0) is 19.2. The third-order valence-electron chi connectivity index (χ3n) is 4.69. The summed E-state index contributed by atoms with van der Waals surface area (Å²) in [4.78, 5) is 20.5. The Morgan fingerprint density at radius 3 is 2.59 bits per heavy atom. The molecule has 0 atom stereocenters. The smallest absolute Gasteiger partial charge is 0.289 e. The van der Waals surface area contributed by atoms with E-state index in [4.69, 9.17) is 21.6 Å². The molecule has 1 N–H and O–H groups in total. The molecule has 1 fully saturated rings. The number of hydrogen-bond acceptors (Lipinski definition) is 5. The van der Waals surface area contributed by atoms with E-state index in [9.17, 15) is 4.79 Å². The second-order valence-corrected chi connectivity index (χ2v) is 6.99. The topological polar surface area (TPSA) is 87.9 Å². The van der Waals surface area contributed by atoms with E-state index < -0.39 is 0 Å². The average molecular weight is 385 g/mol. The van der Waals surface area contributed by atoms with Crippen molar-refractivity contribution in [1.29, 1.82) is 5.26 Å². The molecule has 1 amide bonds. The number of ether oxygens (including phenoxy) is 1. The lowest BCUT2D eigenvalue weighted by atomic mass is 9.93. The summed E-state index contributed by atoms with van der Waals surface area (Å²) in [6, 6.07) is 7.22. The van der Waals surface area contributed by atoms with E-state index in [2.05, 4.69) is 15.3 Å². The molecular formula is C20H21ClN4O2. The SMILES string of the molecule is CCc1cnc(C(=O)NC2CCC(Oc3ccc(C#N)c(Cl)c3)CC2)nc1. The van der Waals surface area contributed by atoms with Gasteiger partial charge >= 0.3 is 0 Å². The second kappa shape index (κ2) is 8.83. The van der Waals surface area contributed by atoms with Crippen LogP contribution in [0.3, 0.4) is 0 Å². The molecule has 2 aromatic rings. The number of hydrogen-bond donors (Lipinski definition) is 1. The molecule has 1 aliphatic rings. The number of aromatic nitrogens is 2. The molecule has 3 rings (SSSR count). The number of amides is 1. The fraction of sp³-hybridized carbons (Fsp3) is 0.400. The fourth-order valence-corrected chi connectivity index (χ4v) is 3.29. The van der Waals surface area contributed by atoms with Gasteiger partial charge in [0.1, 0.15) is 11.8 Å². The maximum absolute atomic E-state index is 12.3. The summed E-state index contributed by atoms with van der Waals surface area (Å²) < 4.78 is 5.97. The van der Waals surface area contributed by atoms with Crippen LogP contribution in [-0.4, -0.2) is 28.0 Å². The number of rotatable bonds is 5. The van der Waals surface area contributed by atoms with Crippen LogP contribution in [0.15, 0.2) is 30.6 Å². The zero-order valence-electron chi connectivity index (χ0n) is 15.1. The van der Waals surface area contributed by atoms with Gasteiger partial charge in [0.15, 0.2) is 0 Å². The summed E-state index contributed by atoms with van der Waals surface area (Å²) in [7, 11) is 0. The molecule has 1 aromatic carbocycles. The maximum atomic E-state index is 12.3. The molecule has 0 saturated heterocycles. The van der Waals surface area contributed by atoms with Crippen LogP contribution in [0.5, 0.6) is 5.75 Å². The summed E-state index contributed by atoms with van der Waals surface area (Å²) in [6.45, 7) is 2.02. The first-order chi connectivity index (χ1) is 13.1. The average Bonchev–Trinajstić information content (AvgIpc) is 2.69. The molecule has 1 aromatic heterocycles. The summed E-state index contributed by atoms with van der Waals surface area (Å²) in [5, 5.41) is 12.3. The molecule has 140 valence electrons. The number of nitriles is 1. The van der Waals surface area contributed by atoms with Crippen LogP contribution in [0.2, 0.25) is 5.02 Å². The molecule has 6 nitrogen and oxygen atoms in total. The van der Waals surface area contributed by atoms with Gasteiger partial charge in [0.2, 0.25) is 5.82 Å². The van der Waals surface area contributed by atoms with Crippen molar-refractivity contribution in [2.45, 2.75) is 51.2 Å². The highest BCUT2D eigenvalue weighted by Crippen LogP contribution is 2.27. The van der Waals surface area contributed by atoms with Gasteiger partial charge in [0.05, 0.1) is 16.7 Å². The number of benzene rings is 1. The lowest BCUT2D eigenvalue weighted by Gasteiger charge is -2.29. The molecule has 1 saturated carbocycles. The van der Waals surface area contributed by atoms with E-state index in [1.807, 2.05) is 13.0 Å². The quantitative estimate of drug-likeness (QED) is 0.849. The van der Waals surface area contributed by atoms with Crippen LogP contribution in [0.1, 0.15) is 54.4 Å². The Morgan fingerprint density at radius 1 is 1.30 bits per heavy atom. The minimum atomic E-state index is -0.235. The van der Waals surface area contributed by atoms with Crippen molar-refractivity contribution < 1.29 is 9.53 Å². The standard InChI is InChI=1S/C20H21ClN4O2/c1-2-13-11-23-19(24-12-13)20(26)25-15-4-7-16(8-5-15)27-17-6-3-14(10-22)18(21)9-17/h3,6,9,11-12,15-16H,2,4-5,7-8H2,1H3,(H,25,26). The number of carbonyl (C=O) groups excluding carboxylic acids is 1. The minimum absolute atomic E-state index is 0.0715. The van der Waals surface area contributed by atoms with Gasteiger partial charge < -0.3 is 10.1 Å². The van der Waals surface area contributed by atoms with Crippen LogP contribution < -0.4 is 10.1 Å². The van der Waals surface area contributed by atoms with Crippen molar-refractivity contribution in [2.75, 3.05) is 0 Å². The number of nitrogens with one attached hydrogen (secondary N) is 1. The molecule has 0 bridgehead atoms. The number of carbonyl (C=O) groups is 1. The predicted octanol–water partition coefficient (Wildman–Crippen LogP) is 3.68. The Labute approximate surface area is 163 Å². The van der Waals surface area contributed by atoms with Crippen LogP contribution in [-0.2, 0) is 6.42 Å². The molecular weight excluding hydrogens is 364 g/mol. The van der Waals surface area contributed by atoms with Gasteiger partial charge in [-0.2, -0.15) is 5.26 Å². The van der Waals surface area contributed by atoms with Crippen molar-refractivity contribution in [3.63, 3.8) is 0 Å². The summed E-state index contributed by atoms with van der Waals surface area (Å²) in [5.74, 6) is 0.634. The van der Waals surface area contributed by atoms with E-state index in [-0.39, 0.29) is 23.9 Å². The minimum Gasteiger partial charge on any atom is -0.490 e. The third kappa shape index (κ3) is 4.95. The Morgan fingerprint density at radius 2 is 2.00 bits per heavy atom. The van der Waals surface area contributed by atoms with E-state index >= 15 is 0 Å². The normalized spacial score (nSPS) is 19.1. The first kappa shape index (κ1) is 19.1. The van der Waals surface area contributed by atoms with E-state index in [0.29, 0.717) is 16.3 Å². The highest BCUT2D eigenvalue weighted by atomic mass is 35.5. The van der Waals surface area contributed by atoms with Gasteiger partial charge in [-0.05, 0) is 49.8 Å². The lowest BCUT2D eigenvalue weighted by molar-refractivity contribution is 0.0883. The van der Waals surface area contributed by atoms with Crippen molar-refractivity contribution in [3.05, 3.63) is 52.6 Å². The number of nitrogens with zero attached hydrogens (tertiary/aromatic N) is 3. The molecule has 0 radical (unpaired) electrons. The highest BCUT2D eigenvalue weighted by Gasteiger charge is 2.24. The van der Waals surface area contributed by atoms with Crippen molar-refractivity contribution >= 4 is 17.5 Å². The Balaban J connectivity index is 1.49. The largest absolute Gasteiger partial charge is 0.490 e. The number of halogens is 1. The molecule has 0 spiro atoms.